The Morgan fingerprint density at radius 3 is 2.59 bits per heavy atom. The lowest BCUT2D eigenvalue weighted by Gasteiger charge is -2.47. The lowest BCUT2D eigenvalue weighted by atomic mass is 9.72. The molecule has 0 spiro atoms. The van der Waals surface area contributed by atoms with E-state index in [2.05, 4.69) is 25.7 Å². The molecular formula is C14H27NO2. The van der Waals surface area contributed by atoms with E-state index in [1.54, 1.807) is 0 Å². The fourth-order valence-electron chi connectivity index (χ4n) is 3.24. The van der Waals surface area contributed by atoms with Gasteiger partial charge in [0.15, 0.2) is 0 Å². The maximum Gasteiger partial charge on any atom is 0.324 e. The number of rotatable bonds is 6. The van der Waals surface area contributed by atoms with Gasteiger partial charge in [0.1, 0.15) is 5.54 Å². The summed E-state index contributed by atoms with van der Waals surface area (Å²) < 4.78 is 0. The molecule has 0 radical (unpaired) electrons. The van der Waals surface area contributed by atoms with Gasteiger partial charge in [-0.1, -0.05) is 40.0 Å². The number of hydrogen-bond acceptors (Lipinski definition) is 2. The maximum atomic E-state index is 11.8. The van der Waals surface area contributed by atoms with Crippen LogP contribution in [0.3, 0.4) is 0 Å². The Labute approximate surface area is 105 Å². The summed E-state index contributed by atoms with van der Waals surface area (Å²) in [6, 6.07) is 0. The van der Waals surface area contributed by atoms with E-state index in [9.17, 15) is 9.90 Å². The molecule has 1 aliphatic rings. The number of carbonyl (C=O) groups is 1. The minimum atomic E-state index is -0.609. The largest absolute Gasteiger partial charge is 0.480 e. The average molecular weight is 241 g/mol. The van der Waals surface area contributed by atoms with Crippen LogP contribution in [-0.2, 0) is 4.79 Å². The molecule has 0 aromatic rings. The normalized spacial score (nSPS) is 29.5. The van der Waals surface area contributed by atoms with Crippen LogP contribution in [0.25, 0.3) is 0 Å². The van der Waals surface area contributed by atoms with Crippen LogP contribution in [-0.4, -0.2) is 34.6 Å². The summed E-state index contributed by atoms with van der Waals surface area (Å²) in [6.07, 6.45) is 6.33. The van der Waals surface area contributed by atoms with Gasteiger partial charge in [-0.15, -0.1) is 0 Å². The minimum Gasteiger partial charge on any atom is -0.480 e. The van der Waals surface area contributed by atoms with E-state index in [-0.39, 0.29) is 5.92 Å². The van der Waals surface area contributed by atoms with Crippen LogP contribution in [0.4, 0.5) is 0 Å². The van der Waals surface area contributed by atoms with E-state index in [0.29, 0.717) is 0 Å². The van der Waals surface area contributed by atoms with Crippen molar-refractivity contribution < 1.29 is 9.90 Å². The molecule has 2 unspecified atom stereocenters. The zero-order valence-corrected chi connectivity index (χ0v) is 11.5. The Morgan fingerprint density at radius 2 is 2.12 bits per heavy atom. The molecule has 1 aliphatic carbocycles. The number of aliphatic carboxylic acids is 1. The van der Waals surface area contributed by atoms with Crippen LogP contribution >= 0.6 is 0 Å². The third-order valence-electron chi connectivity index (χ3n) is 4.36. The first-order chi connectivity index (χ1) is 8.09. The SMILES string of the molecule is CCCCN(CC)C1(C(=O)O)CCCCC1C. The lowest BCUT2D eigenvalue weighted by Crippen LogP contribution is -2.60. The van der Waals surface area contributed by atoms with Gasteiger partial charge < -0.3 is 5.11 Å². The van der Waals surface area contributed by atoms with E-state index in [1.165, 1.54) is 6.42 Å². The summed E-state index contributed by atoms with van der Waals surface area (Å²) in [5.41, 5.74) is -0.595. The third kappa shape index (κ3) is 2.82. The highest BCUT2D eigenvalue weighted by molar-refractivity contribution is 5.79. The molecule has 17 heavy (non-hydrogen) atoms. The molecule has 0 aromatic heterocycles. The van der Waals surface area contributed by atoms with Crippen LogP contribution in [0, 0.1) is 5.92 Å². The first-order valence-corrected chi connectivity index (χ1v) is 7.08. The Balaban J connectivity index is 2.90. The van der Waals surface area contributed by atoms with Crippen LogP contribution in [0.1, 0.15) is 59.3 Å². The van der Waals surface area contributed by atoms with Crippen molar-refractivity contribution in [3.63, 3.8) is 0 Å². The molecule has 3 nitrogen and oxygen atoms in total. The molecule has 2 atom stereocenters. The number of nitrogens with zero attached hydrogens (tertiary/aromatic N) is 1. The predicted molar refractivity (Wildman–Crippen MR) is 70.2 cm³/mol. The highest BCUT2D eigenvalue weighted by Crippen LogP contribution is 2.38. The van der Waals surface area contributed by atoms with Gasteiger partial charge >= 0.3 is 5.97 Å². The molecule has 0 heterocycles. The van der Waals surface area contributed by atoms with Crippen LogP contribution in [0.2, 0.25) is 0 Å². The third-order valence-corrected chi connectivity index (χ3v) is 4.36. The Bertz CT molecular complexity index is 255. The number of likely N-dealkylation sites (N-methyl/N-ethyl adjacent to an activating group) is 1. The zero-order valence-electron chi connectivity index (χ0n) is 11.5. The highest BCUT2D eigenvalue weighted by Gasteiger charge is 2.48. The molecule has 1 fully saturated rings. The summed E-state index contributed by atoms with van der Waals surface area (Å²) >= 11 is 0. The van der Waals surface area contributed by atoms with Crippen molar-refractivity contribution in [3.8, 4) is 0 Å². The van der Waals surface area contributed by atoms with Crippen molar-refractivity contribution >= 4 is 5.97 Å². The van der Waals surface area contributed by atoms with Crippen molar-refractivity contribution in [2.24, 2.45) is 5.92 Å². The summed E-state index contributed by atoms with van der Waals surface area (Å²) in [7, 11) is 0. The second-order valence-electron chi connectivity index (χ2n) is 5.31. The second kappa shape index (κ2) is 6.39. The first-order valence-electron chi connectivity index (χ1n) is 7.08. The second-order valence-corrected chi connectivity index (χ2v) is 5.31. The van der Waals surface area contributed by atoms with Crippen molar-refractivity contribution in [2.45, 2.75) is 64.8 Å². The van der Waals surface area contributed by atoms with Gasteiger partial charge in [-0.3, -0.25) is 9.69 Å². The maximum absolute atomic E-state index is 11.8. The van der Waals surface area contributed by atoms with E-state index in [1.807, 2.05) is 0 Å². The molecule has 1 N–H and O–H groups in total. The van der Waals surface area contributed by atoms with E-state index in [4.69, 9.17) is 0 Å². The molecule has 3 heteroatoms. The molecule has 100 valence electrons. The summed E-state index contributed by atoms with van der Waals surface area (Å²) in [4.78, 5) is 14.0. The van der Waals surface area contributed by atoms with Gasteiger partial charge in [-0.05, 0) is 38.3 Å². The number of hydrogen-bond donors (Lipinski definition) is 1. The van der Waals surface area contributed by atoms with Crippen LogP contribution < -0.4 is 0 Å². The Hall–Kier alpha value is -0.570. The summed E-state index contributed by atoms with van der Waals surface area (Å²) in [5.74, 6) is -0.340. The Kier molecular flexibility index (Phi) is 5.44. The van der Waals surface area contributed by atoms with E-state index >= 15 is 0 Å². The van der Waals surface area contributed by atoms with Gasteiger partial charge in [0, 0.05) is 0 Å². The van der Waals surface area contributed by atoms with Crippen molar-refractivity contribution in [3.05, 3.63) is 0 Å². The average Bonchev–Trinajstić information content (AvgIpc) is 2.31. The smallest absolute Gasteiger partial charge is 0.324 e. The highest BCUT2D eigenvalue weighted by atomic mass is 16.4. The van der Waals surface area contributed by atoms with Crippen molar-refractivity contribution in [1.82, 2.24) is 4.90 Å². The van der Waals surface area contributed by atoms with Gasteiger partial charge in [-0.25, -0.2) is 0 Å². The zero-order chi connectivity index (χ0) is 12.9. The van der Waals surface area contributed by atoms with Crippen molar-refractivity contribution in [1.29, 1.82) is 0 Å². The van der Waals surface area contributed by atoms with Crippen LogP contribution in [0.15, 0.2) is 0 Å². The standard InChI is InChI=1S/C14H27NO2/c1-4-6-11-15(5-2)14(13(16)17)10-8-7-9-12(14)3/h12H,4-11H2,1-3H3,(H,16,17). The van der Waals surface area contributed by atoms with Gasteiger partial charge in [0.05, 0.1) is 0 Å². The topological polar surface area (TPSA) is 40.5 Å². The van der Waals surface area contributed by atoms with Gasteiger partial charge in [-0.2, -0.15) is 0 Å². The van der Waals surface area contributed by atoms with Gasteiger partial charge in [0.2, 0.25) is 0 Å². The van der Waals surface area contributed by atoms with E-state index < -0.39 is 11.5 Å². The van der Waals surface area contributed by atoms with Gasteiger partial charge in [0.25, 0.3) is 0 Å². The summed E-state index contributed by atoms with van der Waals surface area (Å²) in [6.45, 7) is 8.12. The summed E-state index contributed by atoms with van der Waals surface area (Å²) in [5, 5.41) is 9.72. The molecule has 0 bridgehead atoms. The fourth-order valence-corrected chi connectivity index (χ4v) is 3.24. The predicted octanol–water partition coefficient (Wildman–Crippen LogP) is 3.14. The van der Waals surface area contributed by atoms with E-state index in [0.717, 1.165) is 45.2 Å². The number of carboxylic acids is 1. The fraction of sp³-hybridized carbons (Fsp3) is 0.929. The minimum absolute atomic E-state index is 0.269. The molecule has 0 aromatic carbocycles. The molecular weight excluding hydrogens is 214 g/mol. The molecule has 0 saturated heterocycles. The number of carboxylic acid groups (broad SMARTS) is 1. The first kappa shape index (κ1) is 14.5. The van der Waals surface area contributed by atoms with Crippen molar-refractivity contribution in [2.75, 3.05) is 13.1 Å². The molecule has 0 amide bonds. The Morgan fingerprint density at radius 1 is 1.41 bits per heavy atom. The molecule has 0 aliphatic heterocycles. The monoisotopic (exact) mass is 241 g/mol. The number of unbranched alkanes of at least 4 members (excludes halogenated alkanes) is 1. The quantitative estimate of drug-likeness (QED) is 0.776. The molecule has 1 rings (SSSR count). The van der Waals surface area contributed by atoms with Crippen LogP contribution in [0.5, 0.6) is 0 Å². The lowest BCUT2D eigenvalue weighted by molar-refractivity contribution is -0.158. The molecule has 1 saturated carbocycles.